The van der Waals surface area contributed by atoms with Crippen LogP contribution in [0.4, 0.5) is 5.95 Å². The number of imidazole rings is 1. The van der Waals surface area contributed by atoms with Crippen LogP contribution >= 0.6 is 0 Å². The molecule has 1 fully saturated rings. The largest absolute Gasteiger partial charge is 0.385 e. The van der Waals surface area contributed by atoms with E-state index < -0.39 is 0 Å². The zero-order chi connectivity index (χ0) is 14.2. The molecule has 20 heavy (non-hydrogen) atoms. The van der Waals surface area contributed by atoms with Crippen LogP contribution in [0, 0.1) is 0 Å². The minimum Gasteiger partial charge on any atom is -0.385 e. The molecule has 0 atom stereocenters. The van der Waals surface area contributed by atoms with Crippen molar-refractivity contribution in [3.05, 3.63) is 12.4 Å². The van der Waals surface area contributed by atoms with Crippen molar-refractivity contribution in [2.75, 3.05) is 45.2 Å². The highest BCUT2D eigenvalue weighted by atomic mass is 16.5. The van der Waals surface area contributed by atoms with Gasteiger partial charge < -0.3 is 19.5 Å². The molecule has 5 nitrogen and oxygen atoms in total. The van der Waals surface area contributed by atoms with Crippen LogP contribution < -0.4 is 5.32 Å². The van der Waals surface area contributed by atoms with Gasteiger partial charge in [0, 0.05) is 51.8 Å². The van der Waals surface area contributed by atoms with Gasteiger partial charge in [0.2, 0.25) is 5.95 Å². The molecule has 0 amide bonds. The van der Waals surface area contributed by atoms with Crippen molar-refractivity contribution in [3.8, 4) is 0 Å². The molecule has 0 aromatic carbocycles. The van der Waals surface area contributed by atoms with Gasteiger partial charge in [-0.25, -0.2) is 4.98 Å². The number of nitrogens with zero attached hydrogens (tertiary/aromatic N) is 3. The maximum Gasteiger partial charge on any atom is 0.203 e. The average Bonchev–Trinajstić information content (AvgIpc) is 2.93. The molecule has 114 valence electrons. The Bertz CT molecular complexity index is 372. The van der Waals surface area contributed by atoms with Crippen molar-refractivity contribution < 1.29 is 4.74 Å². The van der Waals surface area contributed by atoms with Crippen molar-refractivity contribution in [3.63, 3.8) is 0 Å². The van der Waals surface area contributed by atoms with E-state index in [9.17, 15) is 0 Å². The van der Waals surface area contributed by atoms with E-state index >= 15 is 0 Å². The van der Waals surface area contributed by atoms with E-state index in [0.29, 0.717) is 6.04 Å². The standard InChI is InChI=1S/C15H28N4O/c1-3-9-18-10-5-14(6-11-18)19-12-8-17-15(19)16-7-4-13-20-2/h8,12,14H,3-7,9-11,13H2,1-2H3,(H,16,17). The van der Waals surface area contributed by atoms with Crippen molar-refractivity contribution in [1.29, 1.82) is 0 Å². The first-order chi connectivity index (χ1) is 9.85. The first-order valence-corrected chi connectivity index (χ1v) is 7.83. The highest BCUT2D eigenvalue weighted by molar-refractivity contribution is 5.26. The van der Waals surface area contributed by atoms with E-state index in [1.807, 2.05) is 6.20 Å². The van der Waals surface area contributed by atoms with Gasteiger partial charge in [-0.15, -0.1) is 0 Å². The quantitative estimate of drug-likeness (QED) is 0.742. The maximum atomic E-state index is 5.07. The Morgan fingerprint density at radius 2 is 2.20 bits per heavy atom. The molecular formula is C15H28N4O. The molecule has 2 rings (SSSR count). The second-order valence-corrected chi connectivity index (χ2v) is 5.50. The lowest BCUT2D eigenvalue weighted by molar-refractivity contribution is 0.187. The fourth-order valence-corrected chi connectivity index (χ4v) is 2.90. The summed E-state index contributed by atoms with van der Waals surface area (Å²) in [7, 11) is 1.74. The number of anilines is 1. The number of methoxy groups -OCH3 is 1. The number of hydrogen-bond acceptors (Lipinski definition) is 4. The molecule has 1 aromatic rings. The fraction of sp³-hybridized carbons (Fsp3) is 0.800. The summed E-state index contributed by atoms with van der Waals surface area (Å²) in [5.41, 5.74) is 0. The van der Waals surface area contributed by atoms with Gasteiger partial charge >= 0.3 is 0 Å². The lowest BCUT2D eigenvalue weighted by atomic mass is 10.0. The van der Waals surface area contributed by atoms with E-state index in [-0.39, 0.29) is 0 Å². The predicted octanol–water partition coefficient (Wildman–Crippen LogP) is 2.38. The summed E-state index contributed by atoms with van der Waals surface area (Å²) in [6, 6.07) is 0.593. The lowest BCUT2D eigenvalue weighted by Crippen LogP contribution is -2.35. The van der Waals surface area contributed by atoms with Gasteiger partial charge in [-0.1, -0.05) is 6.92 Å². The third-order valence-corrected chi connectivity index (χ3v) is 3.97. The molecule has 0 bridgehead atoms. The molecule has 0 aliphatic carbocycles. The summed E-state index contributed by atoms with van der Waals surface area (Å²) in [4.78, 5) is 7.01. The van der Waals surface area contributed by atoms with Crippen LogP contribution in [0.2, 0.25) is 0 Å². The van der Waals surface area contributed by atoms with Crippen LogP contribution in [0.1, 0.15) is 38.6 Å². The van der Waals surface area contributed by atoms with E-state index in [4.69, 9.17) is 4.74 Å². The van der Waals surface area contributed by atoms with E-state index in [1.54, 1.807) is 7.11 Å². The Balaban J connectivity index is 1.82. The minimum absolute atomic E-state index is 0.593. The molecule has 0 unspecified atom stereocenters. The number of piperidine rings is 1. The van der Waals surface area contributed by atoms with Gasteiger partial charge in [0.25, 0.3) is 0 Å². The third kappa shape index (κ3) is 4.21. The molecule has 0 radical (unpaired) electrons. The Hall–Kier alpha value is -1.07. The van der Waals surface area contributed by atoms with Crippen molar-refractivity contribution in [1.82, 2.24) is 14.5 Å². The zero-order valence-corrected chi connectivity index (χ0v) is 12.8. The maximum absolute atomic E-state index is 5.07. The number of aromatic nitrogens is 2. The van der Waals surface area contributed by atoms with Crippen LogP contribution in [0.15, 0.2) is 12.4 Å². The summed E-state index contributed by atoms with van der Waals surface area (Å²) >= 11 is 0. The van der Waals surface area contributed by atoms with Crippen LogP contribution in [0.3, 0.4) is 0 Å². The van der Waals surface area contributed by atoms with Gasteiger partial charge in [0.1, 0.15) is 0 Å². The first-order valence-electron chi connectivity index (χ1n) is 7.83. The molecule has 1 aromatic heterocycles. The van der Waals surface area contributed by atoms with Crippen molar-refractivity contribution in [2.45, 2.75) is 38.6 Å². The summed E-state index contributed by atoms with van der Waals surface area (Å²) in [5.74, 6) is 1.01. The first kappa shape index (κ1) is 15.3. The molecule has 0 saturated carbocycles. The summed E-state index contributed by atoms with van der Waals surface area (Å²) in [5, 5.41) is 3.42. The number of nitrogens with one attached hydrogen (secondary N) is 1. The molecule has 1 aliphatic rings. The molecule has 1 saturated heterocycles. The molecule has 5 heteroatoms. The molecule has 2 heterocycles. The van der Waals surface area contributed by atoms with Gasteiger partial charge in [0.15, 0.2) is 0 Å². The van der Waals surface area contributed by atoms with Crippen molar-refractivity contribution in [2.24, 2.45) is 0 Å². The van der Waals surface area contributed by atoms with Crippen LogP contribution in [-0.4, -0.2) is 54.3 Å². The molecular weight excluding hydrogens is 252 g/mol. The van der Waals surface area contributed by atoms with Crippen LogP contribution in [0.5, 0.6) is 0 Å². The number of ether oxygens (including phenoxy) is 1. The van der Waals surface area contributed by atoms with E-state index in [0.717, 1.165) is 25.5 Å². The van der Waals surface area contributed by atoms with E-state index in [1.165, 1.54) is 38.9 Å². The highest BCUT2D eigenvalue weighted by Crippen LogP contribution is 2.25. The zero-order valence-electron chi connectivity index (χ0n) is 12.8. The second kappa shape index (κ2) is 8.27. The topological polar surface area (TPSA) is 42.3 Å². The predicted molar refractivity (Wildman–Crippen MR) is 82.2 cm³/mol. The molecule has 1 aliphatic heterocycles. The summed E-state index contributed by atoms with van der Waals surface area (Å²) < 4.78 is 7.39. The smallest absolute Gasteiger partial charge is 0.203 e. The Morgan fingerprint density at radius 3 is 2.90 bits per heavy atom. The van der Waals surface area contributed by atoms with Gasteiger partial charge in [0.05, 0.1) is 0 Å². The Morgan fingerprint density at radius 1 is 1.40 bits per heavy atom. The van der Waals surface area contributed by atoms with Gasteiger partial charge in [-0.3, -0.25) is 0 Å². The Labute approximate surface area is 122 Å². The number of hydrogen-bond donors (Lipinski definition) is 1. The minimum atomic E-state index is 0.593. The van der Waals surface area contributed by atoms with Gasteiger partial charge in [-0.05, 0) is 32.2 Å². The third-order valence-electron chi connectivity index (χ3n) is 3.97. The summed E-state index contributed by atoms with van der Waals surface area (Å²) in [6.45, 7) is 7.62. The monoisotopic (exact) mass is 280 g/mol. The van der Waals surface area contributed by atoms with Crippen molar-refractivity contribution >= 4 is 5.95 Å². The second-order valence-electron chi connectivity index (χ2n) is 5.50. The highest BCUT2D eigenvalue weighted by Gasteiger charge is 2.21. The van der Waals surface area contributed by atoms with Gasteiger partial charge in [-0.2, -0.15) is 0 Å². The average molecular weight is 280 g/mol. The number of likely N-dealkylation sites (tertiary alicyclic amines) is 1. The lowest BCUT2D eigenvalue weighted by Gasteiger charge is -2.33. The fourth-order valence-electron chi connectivity index (χ4n) is 2.90. The molecule has 1 N–H and O–H groups in total. The molecule has 0 spiro atoms. The van der Waals surface area contributed by atoms with E-state index in [2.05, 4.69) is 32.9 Å². The van der Waals surface area contributed by atoms with Crippen LogP contribution in [0.25, 0.3) is 0 Å². The van der Waals surface area contributed by atoms with Crippen LogP contribution in [-0.2, 0) is 4.74 Å². The number of rotatable bonds is 8. The Kier molecular flexibility index (Phi) is 6.33. The normalized spacial score (nSPS) is 17.5. The SMILES string of the molecule is CCCN1CCC(n2ccnc2NCCCOC)CC1. The summed E-state index contributed by atoms with van der Waals surface area (Å²) in [6.07, 6.45) is 8.72.